The lowest BCUT2D eigenvalue weighted by Gasteiger charge is -2.14. The Morgan fingerprint density at radius 1 is 1.07 bits per heavy atom. The molecule has 1 atom stereocenters. The molecule has 2 rings (SSSR count). The first-order valence-electron chi connectivity index (χ1n) is 10.0. The van der Waals surface area contributed by atoms with E-state index in [1.165, 1.54) is 11.6 Å². The molecule has 0 spiro atoms. The van der Waals surface area contributed by atoms with E-state index in [1.807, 2.05) is 19.1 Å². The fraction of sp³-hybridized carbons (Fsp3) is 0.333. The Hall–Kier alpha value is -3.46. The highest BCUT2D eigenvalue weighted by Crippen LogP contribution is 2.29. The minimum absolute atomic E-state index is 0.126. The molecule has 0 fully saturated rings. The lowest BCUT2D eigenvalue weighted by Crippen LogP contribution is -2.12. The third kappa shape index (κ3) is 6.56. The minimum Gasteiger partial charge on any atom is -0.490 e. The number of hydrogen-bond donors (Lipinski definition) is 1. The predicted molar refractivity (Wildman–Crippen MR) is 117 cm³/mol. The molecule has 30 heavy (non-hydrogen) atoms. The van der Waals surface area contributed by atoms with Crippen molar-refractivity contribution < 1.29 is 19.0 Å². The van der Waals surface area contributed by atoms with Gasteiger partial charge in [-0.15, -0.1) is 0 Å². The van der Waals surface area contributed by atoms with Gasteiger partial charge in [-0.2, -0.15) is 5.26 Å². The van der Waals surface area contributed by atoms with Crippen molar-refractivity contribution in [2.24, 2.45) is 5.73 Å². The Labute approximate surface area is 177 Å². The van der Waals surface area contributed by atoms with E-state index in [2.05, 4.69) is 26.0 Å². The molecule has 0 aliphatic heterocycles. The molecule has 6 nitrogen and oxygen atoms in total. The second-order valence-corrected chi connectivity index (χ2v) is 6.75. The van der Waals surface area contributed by atoms with Gasteiger partial charge in [0.2, 0.25) is 0 Å². The van der Waals surface area contributed by atoms with Gasteiger partial charge in [-0.1, -0.05) is 32.0 Å². The van der Waals surface area contributed by atoms with Crippen LogP contribution in [0.1, 0.15) is 44.2 Å². The molecule has 0 saturated carbocycles. The van der Waals surface area contributed by atoms with Crippen molar-refractivity contribution in [2.45, 2.75) is 33.1 Å². The van der Waals surface area contributed by atoms with Gasteiger partial charge in [0.1, 0.15) is 30.6 Å². The number of nitrogens with two attached hydrogens (primary N) is 1. The molecule has 0 bridgehead atoms. The smallest absolute Gasteiger partial charge is 0.259 e. The molecule has 0 aliphatic carbocycles. The molecule has 0 aromatic heterocycles. The van der Waals surface area contributed by atoms with E-state index in [4.69, 9.17) is 25.2 Å². The fourth-order valence-electron chi connectivity index (χ4n) is 2.77. The summed E-state index contributed by atoms with van der Waals surface area (Å²) in [4.78, 5) is 11.2. The number of benzene rings is 2. The highest BCUT2D eigenvalue weighted by molar-refractivity contribution is 6.00. The molecule has 1 unspecified atom stereocenters. The van der Waals surface area contributed by atoms with E-state index < -0.39 is 5.91 Å². The fourth-order valence-corrected chi connectivity index (χ4v) is 2.77. The third-order valence-corrected chi connectivity index (χ3v) is 4.64. The van der Waals surface area contributed by atoms with Crippen LogP contribution in [0.2, 0.25) is 0 Å². The summed E-state index contributed by atoms with van der Waals surface area (Å²) in [5, 5.41) is 8.99. The molecule has 158 valence electrons. The Balaban J connectivity index is 1.97. The number of carbonyl (C=O) groups is 1. The highest BCUT2D eigenvalue weighted by Gasteiger charge is 2.09. The van der Waals surface area contributed by atoms with E-state index in [9.17, 15) is 4.79 Å². The summed E-state index contributed by atoms with van der Waals surface area (Å²) in [5.74, 6) is 1.63. The van der Waals surface area contributed by atoms with Crippen molar-refractivity contribution in [1.82, 2.24) is 0 Å². The number of nitriles is 1. The summed E-state index contributed by atoms with van der Waals surface area (Å²) in [6, 6.07) is 15.1. The minimum atomic E-state index is -0.773. The van der Waals surface area contributed by atoms with E-state index in [1.54, 1.807) is 24.3 Å². The van der Waals surface area contributed by atoms with E-state index in [-0.39, 0.29) is 5.57 Å². The van der Waals surface area contributed by atoms with Gasteiger partial charge in [0.25, 0.3) is 5.91 Å². The van der Waals surface area contributed by atoms with Crippen LogP contribution >= 0.6 is 0 Å². The topological polar surface area (TPSA) is 94.6 Å². The molecular formula is C24H28N2O4. The highest BCUT2D eigenvalue weighted by atomic mass is 16.5. The van der Waals surface area contributed by atoms with Crippen molar-refractivity contribution in [2.75, 3.05) is 19.8 Å². The molecule has 2 N–H and O–H groups in total. The van der Waals surface area contributed by atoms with Crippen LogP contribution < -0.4 is 19.9 Å². The summed E-state index contributed by atoms with van der Waals surface area (Å²) in [7, 11) is 0. The van der Waals surface area contributed by atoms with Gasteiger partial charge in [0.15, 0.2) is 11.5 Å². The van der Waals surface area contributed by atoms with Gasteiger partial charge in [-0.25, -0.2) is 0 Å². The number of hydrogen-bond acceptors (Lipinski definition) is 5. The van der Waals surface area contributed by atoms with E-state index >= 15 is 0 Å². The summed E-state index contributed by atoms with van der Waals surface area (Å²) in [6.45, 7) is 7.41. The number of nitrogens with zero attached hydrogens (tertiary/aromatic N) is 1. The van der Waals surface area contributed by atoms with Gasteiger partial charge in [0.05, 0.1) is 6.61 Å². The van der Waals surface area contributed by atoms with Gasteiger partial charge in [-0.3, -0.25) is 4.79 Å². The normalized spacial score (nSPS) is 12.0. The van der Waals surface area contributed by atoms with Crippen LogP contribution in [0, 0.1) is 11.3 Å². The van der Waals surface area contributed by atoms with Gasteiger partial charge < -0.3 is 19.9 Å². The summed E-state index contributed by atoms with van der Waals surface area (Å²) in [5.41, 5.74) is 6.98. The monoisotopic (exact) mass is 408 g/mol. The van der Waals surface area contributed by atoms with Crippen LogP contribution in [0.3, 0.4) is 0 Å². The van der Waals surface area contributed by atoms with Crippen molar-refractivity contribution in [3.05, 3.63) is 59.2 Å². The maximum Gasteiger partial charge on any atom is 0.259 e. The molecule has 2 aromatic rings. The van der Waals surface area contributed by atoms with E-state index in [0.29, 0.717) is 42.8 Å². The first kappa shape index (κ1) is 22.8. The maximum absolute atomic E-state index is 11.2. The van der Waals surface area contributed by atoms with Crippen LogP contribution in [-0.4, -0.2) is 25.7 Å². The quantitative estimate of drug-likeness (QED) is 0.337. The average molecular weight is 408 g/mol. The first-order valence-corrected chi connectivity index (χ1v) is 10.0. The number of rotatable bonds is 11. The Kier molecular flexibility index (Phi) is 8.76. The van der Waals surface area contributed by atoms with Gasteiger partial charge in [0, 0.05) is 0 Å². The zero-order chi connectivity index (χ0) is 21.9. The zero-order valence-electron chi connectivity index (χ0n) is 17.7. The molecule has 0 radical (unpaired) electrons. The zero-order valence-corrected chi connectivity index (χ0v) is 17.7. The second-order valence-electron chi connectivity index (χ2n) is 6.75. The molecule has 0 aliphatic rings. The van der Waals surface area contributed by atoms with Crippen molar-refractivity contribution in [3.63, 3.8) is 0 Å². The van der Waals surface area contributed by atoms with Crippen LogP contribution in [0.15, 0.2) is 48.0 Å². The Bertz CT molecular complexity index is 914. The number of primary amides is 1. The molecule has 1 amide bonds. The van der Waals surface area contributed by atoms with Gasteiger partial charge >= 0.3 is 0 Å². The molecule has 0 saturated heterocycles. The predicted octanol–water partition coefficient (Wildman–Crippen LogP) is 4.45. The molecule has 2 aromatic carbocycles. The van der Waals surface area contributed by atoms with Crippen molar-refractivity contribution in [3.8, 4) is 23.3 Å². The maximum atomic E-state index is 11.2. The van der Waals surface area contributed by atoms with Gasteiger partial charge in [-0.05, 0) is 60.7 Å². The van der Waals surface area contributed by atoms with Crippen LogP contribution in [0.25, 0.3) is 6.08 Å². The number of ether oxygens (including phenoxy) is 3. The molecule has 0 heterocycles. The average Bonchev–Trinajstić information content (AvgIpc) is 2.76. The Morgan fingerprint density at radius 2 is 1.77 bits per heavy atom. The lowest BCUT2D eigenvalue weighted by atomic mass is 9.99. The second kappa shape index (κ2) is 11.5. The summed E-state index contributed by atoms with van der Waals surface area (Å²) in [6.07, 6.45) is 2.52. The van der Waals surface area contributed by atoms with Crippen LogP contribution in [0.5, 0.6) is 17.2 Å². The molecular weight excluding hydrogens is 380 g/mol. The summed E-state index contributed by atoms with van der Waals surface area (Å²) < 4.78 is 17.2. The molecule has 6 heteroatoms. The SMILES string of the molecule is CCOc1cc(/C=C(\C#N)C(N)=O)ccc1OCCOc1ccc(C(C)CC)cc1. The van der Waals surface area contributed by atoms with Crippen LogP contribution in [0.4, 0.5) is 0 Å². The number of carbonyl (C=O) groups excluding carboxylic acids is 1. The van der Waals surface area contributed by atoms with Crippen LogP contribution in [-0.2, 0) is 4.79 Å². The number of amides is 1. The van der Waals surface area contributed by atoms with Crippen molar-refractivity contribution in [1.29, 1.82) is 5.26 Å². The summed E-state index contributed by atoms with van der Waals surface area (Å²) >= 11 is 0. The van der Waals surface area contributed by atoms with Crippen molar-refractivity contribution >= 4 is 12.0 Å². The van der Waals surface area contributed by atoms with E-state index in [0.717, 1.165) is 12.2 Å². The largest absolute Gasteiger partial charge is 0.490 e. The standard InChI is InChI=1S/C24H28N2O4/c1-4-17(3)19-7-9-21(10-8-19)29-12-13-30-22-11-6-18(15-23(22)28-5-2)14-20(16-25)24(26)27/h6-11,14-15,17H,4-5,12-13H2,1-3H3,(H2,26,27)/b20-14+. The Morgan fingerprint density at radius 3 is 2.37 bits per heavy atom. The first-order chi connectivity index (χ1) is 14.5. The lowest BCUT2D eigenvalue weighted by molar-refractivity contribution is -0.114. The third-order valence-electron chi connectivity index (χ3n) is 4.64.